The van der Waals surface area contributed by atoms with Crippen molar-refractivity contribution in [3.05, 3.63) is 47.1 Å². The summed E-state index contributed by atoms with van der Waals surface area (Å²) in [5.74, 6) is 0. The first-order valence-electron chi connectivity index (χ1n) is 8.14. The molecule has 0 heterocycles. The van der Waals surface area contributed by atoms with E-state index in [9.17, 15) is 0 Å². The van der Waals surface area contributed by atoms with Crippen molar-refractivity contribution in [1.82, 2.24) is 0 Å². The van der Waals surface area contributed by atoms with Crippen molar-refractivity contribution in [2.45, 2.75) is 66.7 Å². The Morgan fingerprint density at radius 1 is 0.773 bits per heavy atom. The lowest BCUT2D eigenvalue weighted by atomic mass is 10.1. The average Bonchev–Trinajstić information content (AvgIpc) is 2.39. The molecular weight excluding hydrogens is 272 g/mol. The first-order chi connectivity index (χ1) is 10.3. The third-order valence-electron chi connectivity index (χ3n) is 3.15. The van der Waals surface area contributed by atoms with Crippen molar-refractivity contribution in [2.75, 3.05) is 13.2 Å². The van der Waals surface area contributed by atoms with E-state index in [2.05, 4.69) is 40.3 Å². The SMILES string of the molecule is C=C(C)CCC/C(C)=C/CO.CC(C)=CCC/C(C)=C/CO. The molecule has 128 valence electrons. The normalized spacial score (nSPS) is 11.6. The molecule has 0 unspecified atom stereocenters. The van der Waals surface area contributed by atoms with Crippen LogP contribution in [0.3, 0.4) is 0 Å². The molecule has 0 fully saturated rings. The molecule has 0 aliphatic heterocycles. The van der Waals surface area contributed by atoms with E-state index in [1.807, 2.05) is 19.1 Å². The highest BCUT2D eigenvalue weighted by atomic mass is 16.3. The summed E-state index contributed by atoms with van der Waals surface area (Å²) >= 11 is 0. The minimum Gasteiger partial charge on any atom is -0.392 e. The second-order valence-electron chi connectivity index (χ2n) is 6.10. The lowest BCUT2D eigenvalue weighted by molar-refractivity contribution is 0.341. The lowest BCUT2D eigenvalue weighted by Crippen LogP contribution is -1.82. The Morgan fingerprint density at radius 2 is 1.27 bits per heavy atom. The molecule has 0 aliphatic rings. The van der Waals surface area contributed by atoms with Gasteiger partial charge in [0.05, 0.1) is 13.2 Å². The topological polar surface area (TPSA) is 40.5 Å². The van der Waals surface area contributed by atoms with Gasteiger partial charge in [-0.05, 0) is 66.7 Å². The molecule has 2 N–H and O–H groups in total. The molecule has 0 rings (SSSR count). The van der Waals surface area contributed by atoms with Gasteiger partial charge in [0, 0.05) is 0 Å². The van der Waals surface area contributed by atoms with E-state index in [1.165, 1.54) is 22.3 Å². The predicted molar refractivity (Wildman–Crippen MR) is 99.0 cm³/mol. The standard InChI is InChI=1S/2C10H18O/c2*1-9(2)5-4-6-10(3)7-8-11/h5,7,11H,4,6,8H2,1-3H3;7,11H,1,4-6,8H2,2-3H3/b2*10-7+. The Morgan fingerprint density at radius 3 is 1.68 bits per heavy atom. The van der Waals surface area contributed by atoms with E-state index in [-0.39, 0.29) is 13.2 Å². The molecule has 0 aromatic heterocycles. The quantitative estimate of drug-likeness (QED) is 0.564. The summed E-state index contributed by atoms with van der Waals surface area (Å²) in [5, 5.41) is 17.1. The Labute approximate surface area is 138 Å². The Bertz CT molecular complexity index is 369. The summed E-state index contributed by atoms with van der Waals surface area (Å²) in [6.45, 7) is 14.5. The zero-order valence-electron chi connectivity index (χ0n) is 15.3. The average molecular weight is 309 g/mol. The van der Waals surface area contributed by atoms with Crippen LogP contribution in [0.1, 0.15) is 66.7 Å². The van der Waals surface area contributed by atoms with Crippen LogP contribution in [0.25, 0.3) is 0 Å². The molecule has 0 aliphatic carbocycles. The second kappa shape index (κ2) is 16.3. The van der Waals surface area contributed by atoms with Crippen molar-refractivity contribution >= 4 is 0 Å². The molecule has 0 aromatic rings. The molecule has 0 amide bonds. The summed E-state index contributed by atoms with van der Waals surface area (Å²) in [7, 11) is 0. The van der Waals surface area contributed by atoms with E-state index in [1.54, 1.807) is 0 Å². The van der Waals surface area contributed by atoms with Gasteiger partial charge in [0.15, 0.2) is 0 Å². The number of allylic oxidation sites excluding steroid dienone is 5. The van der Waals surface area contributed by atoms with Crippen LogP contribution < -0.4 is 0 Å². The van der Waals surface area contributed by atoms with E-state index >= 15 is 0 Å². The molecule has 0 saturated heterocycles. The van der Waals surface area contributed by atoms with Gasteiger partial charge in [-0.15, -0.1) is 6.58 Å². The fraction of sp³-hybridized carbons (Fsp3) is 0.600. The van der Waals surface area contributed by atoms with Crippen LogP contribution >= 0.6 is 0 Å². The predicted octanol–water partition coefficient (Wildman–Crippen LogP) is 5.34. The highest BCUT2D eigenvalue weighted by Crippen LogP contribution is 2.09. The maximum atomic E-state index is 8.55. The Hall–Kier alpha value is -1.12. The second-order valence-corrected chi connectivity index (χ2v) is 6.10. The van der Waals surface area contributed by atoms with E-state index in [4.69, 9.17) is 10.2 Å². The monoisotopic (exact) mass is 308 g/mol. The lowest BCUT2D eigenvalue weighted by Gasteiger charge is -2.00. The fourth-order valence-electron chi connectivity index (χ4n) is 1.77. The highest BCUT2D eigenvalue weighted by molar-refractivity contribution is 5.02. The summed E-state index contributed by atoms with van der Waals surface area (Å²) in [6, 6.07) is 0. The molecule has 22 heavy (non-hydrogen) atoms. The van der Waals surface area contributed by atoms with Crippen LogP contribution in [0.15, 0.2) is 47.1 Å². The summed E-state index contributed by atoms with van der Waals surface area (Å²) < 4.78 is 0. The molecule has 0 saturated carbocycles. The molecule has 0 atom stereocenters. The van der Waals surface area contributed by atoms with Gasteiger partial charge in [0.1, 0.15) is 0 Å². The van der Waals surface area contributed by atoms with Crippen LogP contribution in [-0.4, -0.2) is 23.4 Å². The Kier molecular flexibility index (Phi) is 17.1. The number of hydrogen-bond donors (Lipinski definition) is 2. The maximum absolute atomic E-state index is 8.55. The van der Waals surface area contributed by atoms with Gasteiger partial charge in [-0.25, -0.2) is 0 Å². The zero-order valence-corrected chi connectivity index (χ0v) is 15.3. The van der Waals surface area contributed by atoms with E-state index in [0.29, 0.717) is 0 Å². The van der Waals surface area contributed by atoms with Gasteiger partial charge in [-0.2, -0.15) is 0 Å². The molecule has 0 aromatic carbocycles. The number of hydrogen-bond acceptors (Lipinski definition) is 2. The third kappa shape index (κ3) is 21.2. The van der Waals surface area contributed by atoms with Gasteiger partial charge >= 0.3 is 0 Å². The zero-order chi connectivity index (χ0) is 17.4. The van der Waals surface area contributed by atoms with Crippen LogP contribution in [0.4, 0.5) is 0 Å². The summed E-state index contributed by atoms with van der Waals surface area (Å²) in [4.78, 5) is 0. The number of rotatable bonds is 9. The van der Waals surface area contributed by atoms with Crippen LogP contribution in [-0.2, 0) is 0 Å². The van der Waals surface area contributed by atoms with Crippen molar-refractivity contribution < 1.29 is 10.2 Å². The fourth-order valence-corrected chi connectivity index (χ4v) is 1.77. The van der Waals surface area contributed by atoms with Gasteiger partial charge in [-0.1, -0.05) is 40.5 Å². The molecule has 0 spiro atoms. The van der Waals surface area contributed by atoms with Gasteiger partial charge in [0.25, 0.3) is 0 Å². The van der Waals surface area contributed by atoms with Crippen molar-refractivity contribution in [3.8, 4) is 0 Å². The largest absolute Gasteiger partial charge is 0.392 e. The van der Waals surface area contributed by atoms with E-state index in [0.717, 1.165) is 32.1 Å². The highest BCUT2D eigenvalue weighted by Gasteiger charge is 1.90. The molecule has 0 bridgehead atoms. The summed E-state index contributed by atoms with van der Waals surface area (Å²) in [6.07, 6.45) is 11.4. The summed E-state index contributed by atoms with van der Waals surface area (Å²) in [5.41, 5.74) is 5.14. The number of aliphatic hydroxyl groups is 2. The van der Waals surface area contributed by atoms with Crippen LogP contribution in [0.5, 0.6) is 0 Å². The maximum Gasteiger partial charge on any atom is 0.0614 e. The first-order valence-corrected chi connectivity index (χ1v) is 8.14. The van der Waals surface area contributed by atoms with Crippen LogP contribution in [0, 0.1) is 0 Å². The van der Waals surface area contributed by atoms with Gasteiger partial charge < -0.3 is 10.2 Å². The molecule has 2 heteroatoms. The first kappa shape index (κ1) is 23.2. The van der Waals surface area contributed by atoms with Crippen molar-refractivity contribution in [1.29, 1.82) is 0 Å². The Balaban J connectivity index is 0. The van der Waals surface area contributed by atoms with E-state index < -0.39 is 0 Å². The minimum absolute atomic E-state index is 0.166. The van der Waals surface area contributed by atoms with Gasteiger partial charge in [0.2, 0.25) is 0 Å². The van der Waals surface area contributed by atoms with Crippen molar-refractivity contribution in [2.24, 2.45) is 0 Å². The molecule has 0 radical (unpaired) electrons. The smallest absolute Gasteiger partial charge is 0.0614 e. The van der Waals surface area contributed by atoms with Crippen molar-refractivity contribution in [3.63, 3.8) is 0 Å². The minimum atomic E-state index is 0.166. The third-order valence-corrected chi connectivity index (χ3v) is 3.15. The molecule has 2 nitrogen and oxygen atoms in total. The number of aliphatic hydroxyl groups excluding tert-OH is 2. The van der Waals surface area contributed by atoms with Crippen LogP contribution in [0.2, 0.25) is 0 Å². The molecular formula is C20H36O2. The van der Waals surface area contributed by atoms with Gasteiger partial charge in [-0.3, -0.25) is 0 Å².